The Morgan fingerprint density at radius 3 is 2.51 bits per heavy atom. The smallest absolute Gasteiger partial charge is 0.336 e. The first-order chi connectivity index (χ1) is 18.6. The molecule has 0 bridgehead atoms. The van der Waals surface area contributed by atoms with E-state index in [1.807, 2.05) is 22.6 Å². The summed E-state index contributed by atoms with van der Waals surface area (Å²) in [7, 11) is 1.49. The van der Waals surface area contributed by atoms with Gasteiger partial charge in [0.25, 0.3) is 17.0 Å². The molecule has 2 aromatic heterocycles. The van der Waals surface area contributed by atoms with Gasteiger partial charge >= 0.3 is 5.69 Å². The lowest BCUT2D eigenvalue weighted by atomic mass is 10.1. The minimum Gasteiger partial charge on any atom is -0.481 e. The van der Waals surface area contributed by atoms with Crippen LogP contribution < -0.4 is 32.2 Å². The molecular formula is C27H23FIN5O5. The van der Waals surface area contributed by atoms with Crippen molar-refractivity contribution in [3.8, 4) is 11.4 Å². The highest BCUT2D eigenvalue weighted by atomic mass is 127. The van der Waals surface area contributed by atoms with Gasteiger partial charge in [0.05, 0.1) is 22.6 Å². The van der Waals surface area contributed by atoms with E-state index in [0.29, 0.717) is 39.1 Å². The molecule has 39 heavy (non-hydrogen) atoms. The van der Waals surface area contributed by atoms with Crippen molar-refractivity contribution in [1.29, 1.82) is 0 Å². The van der Waals surface area contributed by atoms with Crippen LogP contribution in [0.5, 0.6) is 5.75 Å². The van der Waals surface area contributed by atoms with Gasteiger partial charge in [-0.1, -0.05) is 0 Å². The van der Waals surface area contributed by atoms with Crippen molar-refractivity contribution in [2.75, 3.05) is 17.2 Å². The maximum atomic E-state index is 14.9. The van der Waals surface area contributed by atoms with Crippen LogP contribution in [0.2, 0.25) is 0 Å². The van der Waals surface area contributed by atoms with E-state index in [9.17, 15) is 23.6 Å². The largest absolute Gasteiger partial charge is 0.481 e. The number of pyridine rings is 1. The summed E-state index contributed by atoms with van der Waals surface area (Å²) in [6.45, 7) is 3.21. The molecule has 0 radical (unpaired) electrons. The lowest BCUT2D eigenvalue weighted by molar-refractivity contribution is -0.118. The lowest BCUT2D eigenvalue weighted by Crippen LogP contribution is -2.41. The highest BCUT2D eigenvalue weighted by Crippen LogP contribution is 2.37. The summed E-state index contributed by atoms with van der Waals surface area (Å²) >= 11 is 1.99. The maximum Gasteiger partial charge on any atom is 0.336 e. The van der Waals surface area contributed by atoms with Gasteiger partial charge in [-0.05, 0) is 85.2 Å². The molecule has 1 amide bonds. The van der Waals surface area contributed by atoms with Crippen molar-refractivity contribution in [2.45, 2.75) is 32.7 Å². The summed E-state index contributed by atoms with van der Waals surface area (Å²) in [5.41, 5.74) is 0.138. The van der Waals surface area contributed by atoms with E-state index in [1.54, 1.807) is 32.0 Å². The fourth-order valence-corrected chi connectivity index (χ4v) is 5.52. The average molecular weight is 643 g/mol. The molecule has 2 N–H and O–H groups in total. The fraction of sp³-hybridized carbons (Fsp3) is 0.259. The predicted octanol–water partition coefficient (Wildman–Crippen LogP) is 3.62. The zero-order valence-electron chi connectivity index (χ0n) is 21.2. The van der Waals surface area contributed by atoms with Crippen LogP contribution >= 0.6 is 22.6 Å². The van der Waals surface area contributed by atoms with Crippen molar-refractivity contribution in [1.82, 2.24) is 13.7 Å². The Balaban J connectivity index is 1.73. The van der Waals surface area contributed by atoms with Crippen molar-refractivity contribution in [3.05, 3.63) is 82.0 Å². The Hall–Kier alpha value is -3.94. The summed E-state index contributed by atoms with van der Waals surface area (Å²) in [4.78, 5) is 53.4. The number of nitrogens with one attached hydrogen (secondary N) is 2. The monoisotopic (exact) mass is 643 g/mol. The predicted molar refractivity (Wildman–Crippen MR) is 153 cm³/mol. The Morgan fingerprint density at radius 2 is 1.82 bits per heavy atom. The van der Waals surface area contributed by atoms with Crippen molar-refractivity contribution < 1.29 is 13.9 Å². The lowest BCUT2D eigenvalue weighted by Gasteiger charge is -2.23. The Bertz CT molecular complexity index is 1920. The summed E-state index contributed by atoms with van der Waals surface area (Å²) < 4.78 is 24.9. The number of carbonyl (C=O) groups excluding carboxylic acids is 1. The third-order valence-corrected chi connectivity index (χ3v) is 7.75. The van der Waals surface area contributed by atoms with E-state index < -0.39 is 22.6 Å². The van der Waals surface area contributed by atoms with Gasteiger partial charge in [-0.25, -0.2) is 9.18 Å². The van der Waals surface area contributed by atoms with Crippen LogP contribution in [-0.2, 0) is 11.8 Å². The van der Waals surface area contributed by atoms with Gasteiger partial charge in [0, 0.05) is 22.2 Å². The molecule has 4 aromatic rings. The number of aryl methyl sites for hydroxylation is 2. The highest BCUT2D eigenvalue weighted by molar-refractivity contribution is 14.1. The minimum absolute atomic E-state index is 0.0696. The number of benzene rings is 2. The van der Waals surface area contributed by atoms with E-state index >= 15 is 0 Å². The first-order valence-corrected chi connectivity index (χ1v) is 13.3. The first-order valence-electron chi connectivity index (χ1n) is 12.3. The van der Waals surface area contributed by atoms with E-state index in [1.165, 1.54) is 32.9 Å². The second kappa shape index (κ2) is 9.07. The number of rotatable bonds is 4. The standard InChI is InChI=1S/C27H23FIN5O5/c1-12-8-16(10-19-23(12)39-11-20(35)30-19)33-22-13(2)25(36)32(3)24(31-18-7-4-14(29)9-17(18)28)21(22)26(37)34(27(33)38)15-5-6-15/h4,7-10,15,31H,5-6,11H2,1-3H3,(H,30,35). The summed E-state index contributed by atoms with van der Waals surface area (Å²) in [5, 5.41) is 5.79. The second-order valence-corrected chi connectivity index (χ2v) is 11.1. The molecule has 1 saturated carbocycles. The molecule has 1 aliphatic carbocycles. The summed E-state index contributed by atoms with van der Waals surface area (Å²) in [6, 6.07) is 7.57. The average Bonchev–Trinajstić information content (AvgIpc) is 3.71. The van der Waals surface area contributed by atoms with Crippen LogP contribution in [0.4, 0.5) is 21.6 Å². The highest BCUT2D eigenvalue weighted by Gasteiger charge is 2.32. The molecule has 1 fully saturated rings. The first kappa shape index (κ1) is 25.3. The van der Waals surface area contributed by atoms with Crippen molar-refractivity contribution >= 4 is 56.6 Å². The number of halogens is 2. The normalized spacial score (nSPS) is 14.6. The zero-order chi connectivity index (χ0) is 27.7. The third kappa shape index (κ3) is 4.04. The van der Waals surface area contributed by atoms with Crippen LogP contribution in [0.3, 0.4) is 0 Å². The number of anilines is 3. The Kier molecular flexibility index (Phi) is 5.90. The van der Waals surface area contributed by atoms with Crippen molar-refractivity contribution in [3.63, 3.8) is 0 Å². The molecule has 1 aliphatic heterocycles. The molecule has 0 atom stereocenters. The number of nitrogens with zero attached hydrogens (tertiary/aromatic N) is 3. The van der Waals surface area contributed by atoms with Gasteiger partial charge in [0.1, 0.15) is 22.8 Å². The third-order valence-electron chi connectivity index (χ3n) is 7.08. The number of ether oxygens (including phenoxy) is 1. The number of hydrogen-bond acceptors (Lipinski definition) is 6. The minimum atomic E-state index is -0.597. The molecular weight excluding hydrogens is 620 g/mol. The number of carbonyl (C=O) groups is 1. The maximum absolute atomic E-state index is 14.9. The van der Waals surface area contributed by atoms with Crippen LogP contribution in [-0.4, -0.2) is 26.2 Å². The van der Waals surface area contributed by atoms with Crippen LogP contribution in [0, 0.1) is 23.2 Å². The van der Waals surface area contributed by atoms with Gasteiger partial charge in [0.15, 0.2) is 6.61 Å². The van der Waals surface area contributed by atoms with Crippen LogP contribution in [0.1, 0.15) is 30.0 Å². The number of amides is 1. The van der Waals surface area contributed by atoms with Gasteiger partial charge in [-0.15, -0.1) is 0 Å². The summed E-state index contributed by atoms with van der Waals surface area (Å²) in [5.74, 6) is -0.342. The van der Waals surface area contributed by atoms with E-state index in [2.05, 4.69) is 10.6 Å². The molecule has 0 unspecified atom stereocenters. The molecule has 12 heteroatoms. The van der Waals surface area contributed by atoms with Crippen molar-refractivity contribution in [2.24, 2.45) is 7.05 Å². The quantitative estimate of drug-likeness (QED) is 0.329. The SMILES string of the molecule is Cc1cc(-n2c(=O)n(C3CC3)c(=O)c3c(Nc4ccc(I)cc4F)n(C)c(=O)c(C)c32)cc2c1OCC(=O)N2. The molecule has 0 saturated heterocycles. The number of aromatic nitrogens is 3. The van der Waals surface area contributed by atoms with E-state index in [-0.39, 0.29) is 46.5 Å². The molecule has 0 spiro atoms. The van der Waals surface area contributed by atoms with Gasteiger partial charge in [-0.2, -0.15) is 0 Å². The number of hydrogen-bond donors (Lipinski definition) is 2. The van der Waals surface area contributed by atoms with E-state index in [0.717, 1.165) is 0 Å². The fourth-order valence-electron chi connectivity index (χ4n) is 5.07. The van der Waals surface area contributed by atoms with Gasteiger partial charge in [-0.3, -0.25) is 28.1 Å². The molecule has 3 heterocycles. The van der Waals surface area contributed by atoms with Gasteiger partial charge < -0.3 is 15.4 Å². The second-order valence-electron chi connectivity index (χ2n) is 9.81. The molecule has 10 nitrogen and oxygen atoms in total. The zero-order valence-corrected chi connectivity index (χ0v) is 23.4. The summed E-state index contributed by atoms with van der Waals surface area (Å²) in [6.07, 6.45) is 1.32. The Labute approximate surface area is 234 Å². The molecule has 200 valence electrons. The molecule has 2 aliphatic rings. The Morgan fingerprint density at radius 1 is 1.08 bits per heavy atom. The molecule has 6 rings (SSSR count). The number of fused-ring (bicyclic) bond motifs is 2. The van der Waals surface area contributed by atoms with E-state index in [4.69, 9.17) is 4.74 Å². The van der Waals surface area contributed by atoms with Gasteiger partial charge in [0.2, 0.25) is 0 Å². The van der Waals surface area contributed by atoms with Crippen LogP contribution in [0.25, 0.3) is 16.6 Å². The topological polar surface area (TPSA) is 116 Å². The molecule has 2 aromatic carbocycles. The van der Waals surface area contributed by atoms with Crippen LogP contribution in [0.15, 0.2) is 44.7 Å².